The molecular weight excluding hydrogens is 320 g/mol. The first-order chi connectivity index (χ1) is 12.5. The number of nitrogens with zero attached hydrogens (tertiary/aromatic N) is 2. The number of benzene rings is 2. The van der Waals surface area contributed by atoms with Gasteiger partial charge in [0.1, 0.15) is 24.5 Å². The van der Waals surface area contributed by atoms with Gasteiger partial charge in [0.15, 0.2) is 0 Å². The molecular formula is C22H34N4. The monoisotopic (exact) mass is 354 g/mol. The molecule has 0 saturated heterocycles. The van der Waals surface area contributed by atoms with Gasteiger partial charge in [0, 0.05) is 27.2 Å². The molecule has 4 nitrogen and oxygen atoms in total. The quantitative estimate of drug-likeness (QED) is 0.669. The molecule has 4 heteroatoms. The van der Waals surface area contributed by atoms with Crippen LogP contribution in [0.4, 0.5) is 22.7 Å². The van der Waals surface area contributed by atoms with Crippen LogP contribution in [0, 0.1) is 14.1 Å². The summed E-state index contributed by atoms with van der Waals surface area (Å²) in [5, 5.41) is 0. The van der Waals surface area contributed by atoms with Gasteiger partial charge in [-0.15, -0.1) is 14.1 Å². The van der Waals surface area contributed by atoms with Gasteiger partial charge in [0.25, 0.3) is 0 Å². The van der Waals surface area contributed by atoms with Gasteiger partial charge in [0.2, 0.25) is 0 Å². The molecule has 0 aliphatic rings. The molecule has 142 valence electrons. The van der Waals surface area contributed by atoms with E-state index in [9.17, 15) is 0 Å². The van der Waals surface area contributed by atoms with Gasteiger partial charge < -0.3 is 19.6 Å². The number of anilines is 2. The summed E-state index contributed by atoms with van der Waals surface area (Å²) in [4.78, 5) is 6.87. The molecule has 0 spiro atoms. The summed E-state index contributed by atoms with van der Waals surface area (Å²) in [5.74, 6) is 0. The van der Waals surface area contributed by atoms with Gasteiger partial charge in [-0.25, -0.2) is 0 Å². The highest BCUT2D eigenvalue weighted by Crippen LogP contribution is 2.21. The van der Waals surface area contributed by atoms with E-state index >= 15 is 0 Å². The lowest BCUT2D eigenvalue weighted by Gasteiger charge is -2.31. The summed E-state index contributed by atoms with van der Waals surface area (Å²) >= 11 is 0. The van der Waals surface area contributed by atoms with Crippen molar-refractivity contribution in [2.24, 2.45) is 0 Å². The molecule has 2 N–H and O–H groups in total. The molecule has 2 rings (SSSR count). The standard InChI is InChI=1S/C22H34N4/c1-7-23(3)19-13-9-11-15-21(19)25(5)17-18-26(6)22-16-12-10-14-20(22)24(4)8-2/h9-16,25-26H,5-8,17-18H2,1-4H3. The Morgan fingerprint density at radius 2 is 1.04 bits per heavy atom. The SMILES string of the molecule is [CH2-][NH+](CC[NH+]([CH2-])c1ccccc1N(C)CC)c1ccccc1N(C)CC. The second kappa shape index (κ2) is 9.60. The average molecular weight is 355 g/mol. The third-order valence-corrected chi connectivity index (χ3v) is 5.07. The van der Waals surface area contributed by atoms with Gasteiger partial charge in [-0.3, -0.25) is 0 Å². The van der Waals surface area contributed by atoms with Gasteiger partial charge >= 0.3 is 0 Å². The van der Waals surface area contributed by atoms with Gasteiger partial charge in [0.05, 0.1) is 11.4 Å². The van der Waals surface area contributed by atoms with Crippen molar-refractivity contribution >= 4 is 22.7 Å². The maximum absolute atomic E-state index is 4.36. The maximum Gasteiger partial charge on any atom is 0.128 e. The summed E-state index contributed by atoms with van der Waals surface area (Å²) in [5.41, 5.74) is 4.97. The number of nitrogens with one attached hydrogen (secondary N) is 2. The maximum atomic E-state index is 4.36. The van der Waals surface area contributed by atoms with Crippen LogP contribution in [0.2, 0.25) is 0 Å². The lowest BCUT2D eigenvalue weighted by atomic mass is 10.2. The number of quaternary nitrogens is 2. The Kier molecular flexibility index (Phi) is 7.49. The highest BCUT2D eigenvalue weighted by molar-refractivity contribution is 5.63. The Morgan fingerprint density at radius 1 is 0.692 bits per heavy atom. The smallest absolute Gasteiger partial charge is 0.128 e. The second-order valence-electron chi connectivity index (χ2n) is 6.77. The van der Waals surface area contributed by atoms with Crippen molar-refractivity contribution < 1.29 is 9.80 Å². The Hall–Kier alpha value is -2.04. The van der Waals surface area contributed by atoms with Gasteiger partial charge in [-0.2, -0.15) is 0 Å². The van der Waals surface area contributed by atoms with Crippen LogP contribution < -0.4 is 19.6 Å². The molecule has 2 unspecified atom stereocenters. The van der Waals surface area contributed by atoms with Crippen LogP contribution in [-0.2, 0) is 0 Å². The van der Waals surface area contributed by atoms with Crippen LogP contribution in [-0.4, -0.2) is 40.3 Å². The highest BCUT2D eigenvalue weighted by Gasteiger charge is 2.15. The first-order valence-corrected chi connectivity index (χ1v) is 9.46. The predicted octanol–water partition coefficient (Wildman–Crippen LogP) is 1.91. The van der Waals surface area contributed by atoms with E-state index in [0.717, 1.165) is 26.2 Å². The van der Waals surface area contributed by atoms with Crippen LogP contribution in [0.15, 0.2) is 48.5 Å². The lowest BCUT2D eigenvalue weighted by Crippen LogP contribution is -3.11. The first kappa shape index (κ1) is 20.3. The number of hydrogen-bond donors (Lipinski definition) is 2. The molecule has 2 aromatic rings. The lowest BCUT2D eigenvalue weighted by molar-refractivity contribution is -0.846. The van der Waals surface area contributed by atoms with Crippen LogP contribution in [0.25, 0.3) is 0 Å². The largest absolute Gasteiger partial charge is 0.428 e. The average Bonchev–Trinajstić information content (AvgIpc) is 2.70. The van der Waals surface area contributed by atoms with Crippen molar-refractivity contribution in [3.8, 4) is 0 Å². The molecule has 26 heavy (non-hydrogen) atoms. The topological polar surface area (TPSA) is 15.4 Å². The second-order valence-corrected chi connectivity index (χ2v) is 6.77. The third-order valence-electron chi connectivity index (χ3n) is 5.07. The van der Waals surface area contributed by atoms with E-state index < -0.39 is 0 Å². The molecule has 0 radical (unpaired) electrons. The Balaban J connectivity index is 2.10. The van der Waals surface area contributed by atoms with Crippen molar-refractivity contribution in [1.29, 1.82) is 0 Å². The van der Waals surface area contributed by atoms with Crippen molar-refractivity contribution in [2.45, 2.75) is 13.8 Å². The summed E-state index contributed by atoms with van der Waals surface area (Å²) in [6.45, 7) is 8.13. The van der Waals surface area contributed by atoms with Crippen molar-refractivity contribution in [1.82, 2.24) is 0 Å². The summed E-state index contributed by atoms with van der Waals surface area (Å²) < 4.78 is 0. The Labute approximate surface area is 159 Å². The zero-order chi connectivity index (χ0) is 19.1. The van der Waals surface area contributed by atoms with E-state index in [4.69, 9.17) is 0 Å². The summed E-state index contributed by atoms with van der Waals surface area (Å²) in [6, 6.07) is 17.1. The molecule has 0 aliphatic carbocycles. The normalized spacial score (nSPS) is 13.3. The molecule has 2 atom stereocenters. The van der Waals surface area contributed by atoms with Crippen LogP contribution >= 0.6 is 0 Å². The molecule has 2 aromatic carbocycles. The first-order valence-electron chi connectivity index (χ1n) is 9.46. The molecule has 0 saturated carbocycles. The van der Waals surface area contributed by atoms with E-state index in [1.165, 1.54) is 32.5 Å². The predicted molar refractivity (Wildman–Crippen MR) is 112 cm³/mol. The molecule has 0 aromatic heterocycles. The fraction of sp³-hybridized carbons (Fsp3) is 0.364. The minimum Gasteiger partial charge on any atom is -0.428 e. The molecule has 0 amide bonds. The number of rotatable bonds is 9. The molecule has 0 bridgehead atoms. The summed E-state index contributed by atoms with van der Waals surface area (Å²) in [6.07, 6.45) is 0. The van der Waals surface area contributed by atoms with Crippen LogP contribution in [0.1, 0.15) is 13.8 Å². The Morgan fingerprint density at radius 3 is 1.38 bits per heavy atom. The van der Waals surface area contributed by atoms with E-state index in [1.807, 2.05) is 0 Å². The van der Waals surface area contributed by atoms with E-state index in [-0.39, 0.29) is 0 Å². The van der Waals surface area contributed by atoms with Crippen LogP contribution in [0.5, 0.6) is 0 Å². The highest BCUT2D eigenvalue weighted by atomic mass is 15.2. The fourth-order valence-electron chi connectivity index (χ4n) is 3.12. The van der Waals surface area contributed by atoms with Crippen molar-refractivity contribution in [3.63, 3.8) is 0 Å². The zero-order valence-corrected chi connectivity index (χ0v) is 16.8. The summed E-state index contributed by atoms with van der Waals surface area (Å²) in [7, 11) is 13.0. The van der Waals surface area contributed by atoms with Crippen LogP contribution in [0.3, 0.4) is 0 Å². The number of para-hydroxylation sites is 4. The van der Waals surface area contributed by atoms with Crippen molar-refractivity contribution in [3.05, 3.63) is 62.6 Å². The fourth-order valence-corrected chi connectivity index (χ4v) is 3.12. The Bertz CT molecular complexity index is 626. The van der Waals surface area contributed by atoms with Gasteiger partial charge in [-0.05, 0) is 38.1 Å². The number of hydrogen-bond acceptors (Lipinski definition) is 2. The molecule has 0 aliphatic heterocycles. The van der Waals surface area contributed by atoms with E-state index in [1.54, 1.807) is 0 Å². The zero-order valence-electron chi connectivity index (χ0n) is 16.8. The third kappa shape index (κ3) is 4.77. The minimum absolute atomic E-state index is 0.914. The molecule has 0 fully saturated rings. The van der Waals surface area contributed by atoms with E-state index in [2.05, 4.69) is 100 Å². The van der Waals surface area contributed by atoms with E-state index in [0.29, 0.717) is 0 Å². The minimum atomic E-state index is 0.914. The molecule has 0 heterocycles. The van der Waals surface area contributed by atoms with Gasteiger partial charge in [-0.1, -0.05) is 24.3 Å². The van der Waals surface area contributed by atoms with Crippen molar-refractivity contribution in [2.75, 3.05) is 50.1 Å².